The number of rotatable bonds is 4. The molecular formula is C12H18ClF3N4O3. The second-order valence-corrected chi connectivity index (χ2v) is 5.01. The van der Waals surface area contributed by atoms with E-state index in [2.05, 4.69) is 10.4 Å². The lowest BCUT2D eigenvalue weighted by atomic mass is 10.1. The van der Waals surface area contributed by atoms with E-state index in [1.807, 2.05) is 0 Å². The number of carbonyl (C=O) groups is 1. The Labute approximate surface area is 136 Å². The van der Waals surface area contributed by atoms with Gasteiger partial charge in [-0.2, -0.15) is 13.2 Å². The van der Waals surface area contributed by atoms with Crippen LogP contribution in [0.3, 0.4) is 0 Å². The topological polar surface area (TPSA) is 79.6 Å². The van der Waals surface area contributed by atoms with Crippen LogP contribution in [-0.2, 0) is 13.2 Å². The molecule has 132 valence electrons. The van der Waals surface area contributed by atoms with Crippen LogP contribution in [0.4, 0.5) is 18.0 Å². The average Bonchev–Trinajstić information content (AvgIpc) is 2.80. The molecule has 1 aliphatic rings. The number of aryl methyl sites for hydroxylation is 1. The van der Waals surface area contributed by atoms with Crippen molar-refractivity contribution in [2.45, 2.75) is 18.6 Å². The highest BCUT2D eigenvalue weighted by Crippen LogP contribution is 2.30. The van der Waals surface area contributed by atoms with E-state index in [0.717, 1.165) is 10.7 Å². The number of nitrogens with zero attached hydrogens (tertiary/aromatic N) is 3. The molecule has 0 radical (unpaired) electrons. The fourth-order valence-corrected chi connectivity index (χ4v) is 2.28. The molecule has 0 aromatic carbocycles. The standard InChI is InChI=1S/C12H17F3N4O3.ClH/c1-18-9(12(13,14)15)6-10(17-18)22-5-2-8-7-19(11(20)21)4-3-16-8;/h6,8,16H,2-5,7H2,1H3,(H,20,21);1H/t8-;/m1./s1. The molecular weight excluding hydrogens is 341 g/mol. The zero-order valence-electron chi connectivity index (χ0n) is 12.3. The van der Waals surface area contributed by atoms with E-state index >= 15 is 0 Å². The fourth-order valence-electron chi connectivity index (χ4n) is 2.28. The second kappa shape index (κ2) is 7.73. The molecule has 0 unspecified atom stereocenters. The number of aromatic nitrogens is 2. The minimum absolute atomic E-state index is 0. The highest BCUT2D eigenvalue weighted by molar-refractivity contribution is 5.85. The Balaban J connectivity index is 0.00000264. The molecule has 2 N–H and O–H groups in total. The minimum Gasteiger partial charge on any atom is -0.477 e. The molecule has 1 saturated heterocycles. The van der Waals surface area contributed by atoms with Crippen molar-refractivity contribution in [2.24, 2.45) is 7.05 Å². The van der Waals surface area contributed by atoms with Crippen LogP contribution in [0.15, 0.2) is 6.07 Å². The van der Waals surface area contributed by atoms with Crippen LogP contribution in [0, 0.1) is 0 Å². The van der Waals surface area contributed by atoms with E-state index in [0.29, 0.717) is 26.1 Å². The first-order chi connectivity index (χ1) is 10.3. The Morgan fingerprint density at radius 1 is 1.57 bits per heavy atom. The molecule has 1 amide bonds. The van der Waals surface area contributed by atoms with Gasteiger partial charge < -0.3 is 20.1 Å². The van der Waals surface area contributed by atoms with Gasteiger partial charge in [0.25, 0.3) is 0 Å². The summed E-state index contributed by atoms with van der Waals surface area (Å²) in [4.78, 5) is 12.2. The van der Waals surface area contributed by atoms with Gasteiger partial charge in [-0.3, -0.25) is 4.68 Å². The van der Waals surface area contributed by atoms with Crippen molar-refractivity contribution >= 4 is 18.5 Å². The largest absolute Gasteiger partial charge is 0.477 e. The van der Waals surface area contributed by atoms with Crippen LogP contribution in [0.25, 0.3) is 0 Å². The number of halogens is 4. The molecule has 0 spiro atoms. The van der Waals surface area contributed by atoms with Gasteiger partial charge in [-0.15, -0.1) is 17.5 Å². The van der Waals surface area contributed by atoms with Crippen LogP contribution >= 0.6 is 12.4 Å². The first-order valence-corrected chi connectivity index (χ1v) is 6.72. The Bertz CT molecular complexity index is 538. The van der Waals surface area contributed by atoms with E-state index in [4.69, 9.17) is 9.84 Å². The summed E-state index contributed by atoms with van der Waals surface area (Å²) in [5.41, 5.74) is -0.879. The lowest BCUT2D eigenvalue weighted by molar-refractivity contribution is -0.143. The van der Waals surface area contributed by atoms with Crippen LogP contribution in [0.1, 0.15) is 12.1 Å². The van der Waals surface area contributed by atoms with Crippen molar-refractivity contribution in [3.63, 3.8) is 0 Å². The Hall–Kier alpha value is -1.68. The van der Waals surface area contributed by atoms with Gasteiger partial charge in [0.05, 0.1) is 6.61 Å². The molecule has 0 aliphatic carbocycles. The Kier molecular flexibility index (Phi) is 6.51. The highest BCUT2D eigenvalue weighted by atomic mass is 35.5. The van der Waals surface area contributed by atoms with E-state index in [-0.39, 0.29) is 30.9 Å². The summed E-state index contributed by atoms with van der Waals surface area (Å²) in [6, 6.07) is 0.758. The number of carboxylic acid groups (broad SMARTS) is 1. The summed E-state index contributed by atoms with van der Waals surface area (Å²) in [6.07, 6.45) is -4.98. The number of ether oxygens (including phenoxy) is 1. The molecule has 0 bridgehead atoms. The van der Waals surface area contributed by atoms with Crippen LogP contribution in [0.5, 0.6) is 5.88 Å². The predicted octanol–water partition coefficient (Wildman–Crippen LogP) is 1.58. The summed E-state index contributed by atoms with van der Waals surface area (Å²) in [5, 5.41) is 15.7. The van der Waals surface area contributed by atoms with Gasteiger partial charge in [0.2, 0.25) is 5.88 Å². The summed E-state index contributed by atoms with van der Waals surface area (Å²) < 4.78 is 43.8. The number of amides is 1. The lowest BCUT2D eigenvalue weighted by Crippen LogP contribution is -2.52. The van der Waals surface area contributed by atoms with Gasteiger partial charge in [0.15, 0.2) is 0 Å². The maximum atomic E-state index is 12.6. The van der Waals surface area contributed by atoms with E-state index in [1.165, 1.54) is 11.9 Å². The zero-order chi connectivity index (χ0) is 16.3. The maximum absolute atomic E-state index is 12.6. The maximum Gasteiger partial charge on any atom is 0.433 e. The van der Waals surface area contributed by atoms with E-state index in [9.17, 15) is 18.0 Å². The molecule has 1 fully saturated rings. The summed E-state index contributed by atoms with van der Waals surface area (Å²) in [5.74, 6) is -0.0966. The van der Waals surface area contributed by atoms with Crippen molar-refractivity contribution in [1.29, 1.82) is 0 Å². The minimum atomic E-state index is -4.48. The van der Waals surface area contributed by atoms with Crippen molar-refractivity contribution in [1.82, 2.24) is 20.0 Å². The van der Waals surface area contributed by atoms with Gasteiger partial charge in [0.1, 0.15) is 5.69 Å². The molecule has 1 aliphatic heterocycles. The lowest BCUT2D eigenvalue weighted by Gasteiger charge is -2.31. The third-order valence-corrected chi connectivity index (χ3v) is 3.39. The molecule has 2 rings (SSSR count). The highest BCUT2D eigenvalue weighted by Gasteiger charge is 2.35. The molecule has 2 heterocycles. The quantitative estimate of drug-likeness (QED) is 0.854. The van der Waals surface area contributed by atoms with Gasteiger partial charge in [0, 0.05) is 38.8 Å². The SMILES string of the molecule is Cl.Cn1nc(OCC[C@@H]2CN(C(=O)O)CCN2)cc1C(F)(F)F. The van der Waals surface area contributed by atoms with E-state index < -0.39 is 18.0 Å². The van der Waals surface area contributed by atoms with Crippen molar-refractivity contribution in [3.05, 3.63) is 11.8 Å². The zero-order valence-corrected chi connectivity index (χ0v) is 13.2. The van der Waals surface area contributed by atoms with Crippen molar-refractivity contribution in [2.75, 3.05) is 26.2 Å². The molecule has 0 saturated carbocycles. The fraction of sp³-hybridized carbons (Fsp3) is 0.667. The smallest absolute Gasteiger partial charge is 0.433 e. The molecule has 11 heteroatoms. The molecule has 1 atom stereocenters. The first kappa shape index (κ1) is 19.4. The molecule has 23 heavy (non-hydrogen) atoms. The number of piperazine rings is 1. The van der Waals surface area contributed by atoms with E-state index in [1.54, 1.807) is 0 Å². The van der Waals surface area contributed by atoms with Crippen molar-refractivity contribution < 1.29 is 27.8 Å². The van der Waals surface area contributed by atoms with Crippen LogP contribution in [0.2, 0.25) is 0 Å². The summed E-state index contributed by atoms with van der Waals surface area (Å²) >= 11 is 0. The molecule has 1 aromatic heterocycles. The van der Waals surface area contributed by atoms with Crippen molar-refractivity contribution in [3.8, 4) is 5.88 Å². The summed E-state index contributed by atoms with van der Waals surface area (Å²) in [7, 11) is 1.20. The number of hydrogen-bond acceptors (Lipinski definition) is 4. The third kappa shape index (κ3) is 5.17. The van der Waals surface area contributed by atoms with Gasteiger partial charge >= 0.3 is 12.3 Å². The van der Waals surface area contributed by atoms with Crippen LogP contribution in [-0.4, -0.2) is 58.2 Å². The predicted molar refractivity (Wildman–Crippen MR) is 77.0 cm³/mol. The van der Waals surface area contributed by atoms with Crippen LogP contribution < -0.4 is 10.1 Å². The molecule has 7 nitrogen and oxygen atoms in total. The monoisotopic (exact) mass is 358 g/mol. The summed E-state index contributed by atoms with van der Waals surface area (Å²) in [6.45, 7) is 1.44. The van der Waals surface area contributed by atoms with Gasteiger partial charge in [-0.05, 0) is 6.42 Å². The third-order valence-electron chi connectivity index (χ3n) is 3.39. The normalized spacial score (nSPS) is 18.4. The number of hydrogen-bond donors (Lipinski definition) is 2. The number of alkyl halides is 3. The first-order valence-electron chi connectivity index (χ1n) is 6.72. The molecule has 1 aromatic rings. The van der Waals surface area contributed by atoms with Gasteiger partial charge in [-0.1, -0.05) is 0 Å². The Morgan fingerprint density at radius 2 is 2.26 bits per heavy atom. The average molecular weight is 359 g/mol. The van der Waals surface area contributed by atoms with Gasteiger partial charge in [-0.25, -0.2) is 4.79 Å². The Morgan fingerprint density at radius 3 is 2.83 bits per heavy atom. The second-order valence-electron chi connectivity index (χ2n) is 5.01. The number of nitrogens with one attached hydrogen (secondary N) is 1.